The van der Waals surface area contributed by atoms with E-state index in [9.17, 15) is 18.8 Å². The summed E-state index contributed by atoms with van der Waals surface area (Å²) < 4.78 is 15.7. The van der Waals surface area contributed by atoms with Crippen LogP contribution >= 0.6 is 22.9 Å². The van der Waals surface area contributed by atoms with E-state index in [2.05, 4.69) is 5.32 Å². The fourth-order valence-corrected chi connectivity index (χ4v) is 4.53. The SMILES string of the molecule is CCc1cc2c(=O)n(-c3cccc(Cl)c3)c(=O)n(CC(=O)Nc3cccc(F)c3)c2s1. The second-order valence-electron chi connectivity index (χ2n) is 6.83. The number of amides is 1. The van der Waals surface area contributed by atoms with Gasteiger partial charge in [-0.25, -0.2) is 13.8 Å². The number of carbonyl (C=O) groups excluding carboxylic acids is 1. The third-order valence-electron chi connectivity index (χ3n) is 4.69. The molecule has 0 aliphatic rings. The third-order valence-corrected chi connectivity index (χ3v) is 6.23. The number of thiophene rings is 1. The first-order valence-corrected chi connectivity index (χ1v) is 10.7. The molecule has 9 heteroatoms. The monoisotopic (exact) mass is 457 g/mol. The predicted octanol–water partition coefficient (Wildman–Crippen LogP) is 4.21. The van der Waals surface area contributed by atoms with Crippen LogP contribution in [0.4, 0.5) is 10.1 Å². The number of fused-ring (bicyclic) bond motifs is 1. The van der Waals surface area contributed by atoms with Gasteiger partial charge < -0.3 is 5.32 Å². The highest BCUT2D eigenvalue weighted by Gasteiger charge is 2.19. The Balaban J connectivity index is 1.85. The first-order chi connectivity index (χ1) is 14.9. The zero-order valence-electron chi connectivity index (χ0n) is 16.4. The standard InChI is InChI=1S/C22H17ClFN3O3S/c1-2-17-11-18-20(29)27(16-8-3-5-13(23)9-16)22(30)26(21(18)31-17)12-19(28)25-15-7-4-6-14(24)10-15/h3-11H,2,12H2,1H3,(H,25,28). The van der Waals surface area contributed by atoms with E-state index in [-0.39, 0.29) is 12.2 Å². The van der Waals surface area contributed by atoms with Gasteiger partial charge in [0, 0.05) is 15.6 Å². The van der Waals surface area contributed by atoms with Crippen LogP contribution in [-0.2, 0) is 17.8 Å². The molecule has 0 saturated carbocycles. The van der Waals surface area contributed by atoms with Gasteiger partial charge in [0.1, 0.15) is 17.2 Å². The molecule has 4 aromatic rings. The number of aryl methyl sites for hydroxylation is 1. The number of halogens is 2. The van der Waals surface area contributed by atoms with E-state index >= 15 is 0 Å². The van der Waals surface area contributed by atoms with Gasteiger partial charge in [-0.15, -0.1) is 11.3 Å². The highest BCUT2D eigenvalue weighted by molar-refractivity contribution is 7.18. The lowest BCUT2D eigenvalue weighted by Crippen LogP contribution is -2.40. The molecule has 2 aromatic carbocycles. The molecule has 2 aromatic heterocycles. The van der Waals surface area contributed by atoms with Crippen molar-refractivity contribution in [3.63, 3.8) is 0 Å². The molecule has 0 spiro atoms. The largest absolute Gasteiger partial charge is 0.337 e. The molecule has 158 valence electrons. The molecular weight excluding hydrogens is 441 g/mol. The van der Waals surface area contributed by atoms with Crippen molar-refractivity contribution in [1.82, 2.24) is 9.13 Å². The fraction of sp³-hybridized carbons (Fsp3) is 0.136. The van der Waals surface area contributed by atoms with Gasteiger partial charge in [0.25, 0.3) is 5.56 Å². The number of benzene rings is 2. The average molecular weight is 458 g/mol. The lowest BCUT2D eigenvalue weighted by Gasteiger charge is -2.12. The van der Waals surface area contributed by atoms with Crippen LogP contribution in [0.2, 0.25) is 5.02 Å². The van der Waals surface area contributed by atoms with Crippen LogP contribution in [0.5, 0.6) is 0 Å². The summed E-state index contributed by atoms with van der Waals surface area (Å²) in [6.45, 7) is 1.61. The summed E-state index contributed by atoms with van der Waals surface area (Å²) in [7, 11) is 0. The van der Waals surface area contributed by atoms with Crippen LogP contribution in [0.3, 0.4) is 0 Å². The molecule has 0 saturated heterocycles. The highest BCUT2D eigenvalue weighted by atomic mass is 35.5. The summed E-state index contributed by atoms with van der Waals surface area (Å²) in [4.78, 5) is 40.4. The van der Waals surface area contributed by atoms with Gasteiger partial charge in [-0.1, -0.05) is 30.7 Å². The van der Waals surface area contributed by atoms with Crippen molar-refractivity contribution in [2.45, 2.75) is 19.9 Å². The molecule has 2 heterocycles. The maximum atomic E-state index is 13.4. The van der Waals surface area contributed by atoms with Crippen LogP contribution in [0.15, 0.2) is 64.2 Å². The normalized spacial score (nSPS) is 11.1. The number of rotatable bonds is 5. The van der Waals surface area contributed by atoms with E-state index in [1.54, 1.807) is 30.3 Å². The first-order valence-electron chi connectivity index (χ1n) is 9.47. The van der Waals surface area contributed by atoms with Gasteiger partial charge in [0.2, 0.25) is 5.91 Å². The minimum atomic E-state index is -0.654. The molecule has 0 aliphatic carbocycles. The van der Waals surface area contributed by atoms with Crippen LogP contribution in [0.25, 0.3) is 15.9 Å². The molecule has 6 nitrogen and oxygen atoms in total. The van der Waals surface area contributed by atoms with Crippen molar-refractivity contribution in [2.75, 3.05) is 5.32 Å². The van der Waals surface area contributed by atoms with Gasteiger partial charge in [-0.05, 0) is 48.9 Å². The first kappa shape index (κ1) is 21.0. The second-order valence-corrected chi connectivity index (χ2v) is 8.38. The van der Waals surface area contributed by atoms with Crippen molar-refractivity contribution in [3.05, 3.63) is 91.2 Å². The van der Waals surface area contributed by atoms with Crippen molar-refractivity contribution in [3.8, 4) is 5.69 Å². The van der Waals surface area contributed by atoms with Crippen LogP contribution < -0.4 is 16.6 Å². The summed E-state index contributed by atoms with van der Waals surface area (Å²) >= 11 is 7.35. The Morgan fingerprint density at radius 3 is 2.61 bits per heavy atom. The molecule has 0 fully saturated rings. The number of anilines is 1. The third kappa shape index (κ3) is 4.17. The maximum Gasteiger partial charge on any atom is 0.337 e. The molecular formula is C22H17ClFN3O3S. The Hall–Kier alpha value is -3.23. The van der Waals surface area contributed by atoms with E-state index in [1.807, 2.05) is 6.92 Å². The topological polar surface area (TPSA) is 73.1 Å². The summed E-state index contributed by atoms with van der Waals surface area (Å²) in [6.07, 6.45) is 0.680. The molecule has 0 atom stereocenters. The molecule has 4 rings (SSSR count). The summed E-state index contributed by atoms with van der Waals surface area (Å²) in [5.41, 5.74) is -0.538. The second kappa shape index (κ2) is 8.49. The molecule has 1 N–H and O–H groups in total. The molecule has 0 aliphatic heterocycles. The zero-order chi connectivity index (χ0) is 22.1. The fourth-order valence-electron chi connectivity index (χ4n) is 3.27. The minimum Gasteiger partial charge on any atom is -0.324 e. The van der Waals surface area contributed by atoms with Gasteiger partial charge in [-0.2, -0.15) is 0 Å². The van der Waals surface area contributed by atoms with Crippen LogP contribution in [0.1, 0.15) is 11.8 Å². The quantitative estimate of drug-likeness (QED) is 0.488. The van der Waals surface area contributed by atoms with E-state index in [0.717, 1.165) is 9.44 Å². The van der Waals surface area contributed by atoms with Crippen LogP contribution in [-0.4, -0.2) is 15.0 Å². The van der Waals surface area contributed by atoms with Crippen molar-refractivity contribution in [2.24, 2.45) is 0 Å². The van der Waals surface area contributed by atoms with Crippen molar-refractivity contribution >= 4 is 44.7 Å². The Kier molecular flexibility index (Phi) is 5.75. The smallest absolute Gasteiger partial charge is 0.324 e. The Labute approximate surface area is 185 Å². The van der Waals surface area contributed by atoms with E-state index < -0.39 is 23.0 Å². The van der Waals surface area contributed by atoms with E-state index in [4.69, 9.17) is 11.6 Å². The maximum absolute atomic E-state index is 13.4. The number of carbonyl (C=O) groups is 1. The van der Waals surface area contributed by atoms with Gasteiger partial charge >= 0.3 is 5.69 Å². The summed E-state index contributed by atoms with van der Waals surface area (Å²) in [6, 6.07) is 13.6. The number of aromatic nitrogens is 2. The number of nitrogens with one attached hydrogen (secondary N) is 1. The predicted molar refractivity (Wildman–Crippen MR) is 121 cm³/mol. The lowest BCUT2D eigenvalue weighted by atomic mass is 10.3. The van der Waals surface area contributed by atoms with Crippen molar-refractivity contribution < 1.29 is 9.18 Å². The van der Waals surface area contributed by atoms with E-state index in [0.29, 0.717) is 27.3 Å². The zero-order valence-corrected chi connectivity index (χ0v) is 18.0. The Morgan fingerprint density at radius 1 is 1.13 bits per heavy atom. The van der Waals surface area contributed by atoms with Crippen LogP contribution in [0, 0.1) is 5.82 Å². The van der Waals surface area contributed by atoms with Gasteiger partial charge in [0.05, 0.1) is 11.1 Å². The Bertz CT molecular complexity index is 1420. The summed E-state index contributed by atoms with van der Waals surface area (Å²) in [5.74, 6) is -1.01. The van der Waals surface area contributed by atoms with Gasteiger partial charge in [0.15, 0.2) is 0 Å². The van der Waals surface area contributed by atoms with Gasteiger partial charge in [-0.3, -0.25) is 14.2 Å². The molecule has 0 bridgehead atoms. The molecule has 1 amide bonds. The summed E-state index contributed by atoms with van der Waals surface area (Å²) in [5, 5.41) is 3.31. The molecule has 0 unspecified atom stereocenters. The molecule has 0 radical (unpaired) electrons. The number of hydrogen-bond donors (Lipinski definition) is 1. The highest BCUT2D eigenvalue weighted by Crippen LogP contribution is 2.23. The average Bonchev–Trinajstić information content (AvgIpc) is 3.16. The minimum absolute atomic E-state index is 0.276. The Morgan fingerprint density at radius 2 is 1.90 bits per heavy atom. The number of nitrogens with zero attached hydrogens (tertiary/aromatic N) is 2. The molecule has 31 heavy (non-hydrogen) atoms. The number of hydrogen-bond acceptors (Lipinski definition) is 4. The van der Waals surface area contributed by atoms with E-state index in [1.165, 1.54) is 40.2 Å². The lowest BCUT2D eigenvalue weighted by molar-refractivity contribution is -0.116. The van der Waals surface area contributed by atoms with Crippen molar-refractivity contribution in [1.29, 1.82) is 0 Å².